The molecule has 0 saturated carbocycles. The van der Waals surface area contributed by atoms with Crippen LogP contribution in [0.2, 0.25) is 0 Å². The Labute approximate surface area is 134 Å². The van der Waals surface area contributed by atoms with Crippen LogP contribution in [0.15, 0.2) is 54.6 Å². The summed E-state index contributed by atoms with van der Waals surface area (Å²) in [5, 5.41) is 10.8. The highest BCUT2D eigenvalue weighted by atomic mass is 19.4. The zero-order valence-corrected chi connectivity index (χ0v) is 13.4. The van der Waals surface area contributed by atoms with E-state index in [0.717, 1.165) is 4.90 Å². The first-order valence-electron chi connectivity index (χ1n) is 7.43. The molecule has 0 saturated heterocycles. The number of halogens is 3. The second-order valence-corrected chi connectivity index (χ2v) is 5.96. The molecule has 2 rings (SSSR count). The third-order valence-corrected chi connectivity index (χ3v) is 4.28. The molecule has 0 aliphatic carbocycles. The molecule has 0 aliphatic rings. The van der Waals surface area contributed by atoms with E-state index in [0.29, 0.717) is 5.56 Å². The monoisotopic (exact) mass is 324 g/mol. The van der Waals surface area contributed by atoms with Gasteiger partial charge in [-0.2, -0.15) is 13.2 Å². The average molecular weight is 324 g/mol. The molecule has 0 unspecified atom stereocenters. The summed E-state index contributed by atoms with van der Waals surface area (Å²) in [7, 11) is 3.74. The van der Waals surface area contributed by atoms with Crippen LogP contribution < -0.4 is 4.90 Å². The van der Waals surface area contributed by atoms with Crippen molar-refractivity contribution in [1.82, 2.24) is 0 Å². The Bertz CT molecular complexity index is 655. The highest BCUT2D eigenvalue weighted by Crippen LogP contribution is 2.45. The molecule has 0 aromatic heterocycles. The van der Waals surface area contributed by atoms with Crippen LogP contribution >= 0.6 is 0 Å². The van der Waals surface area contributed by atoms with Crippen molar-refractivity contribution in [2.45, 2.75) is 24.7 Å². The van der Waals surface area contributed by atoms with Crippen molar-refractivity contribution >= 4 is 0 Å². The summed E-state index contributed by atoms with van der Waals surface area (Å²) >= 11 is 0. The molecule has 0 bridgehead atoms. The molecular weight excluding hydrogens is 303 g/mol. The van der Waals surface area contributed by atoms with Crippen molar-refractivity contribution in [3.05, 3.63) is 71.3 Å². The zero-order chi connectivity index (χ0) is 17.3. The number of nitrogens with one attached hydrogen (secondary N) is 1. The topological polar surface area (TPSA) is 24.7 Å². The number of aliphatic hydroxyl groups is 1. The van der Waals surface area contributed by atoms with E-state index in [2.05, 4.69) is 0 Å². The minimum absolute atomic E-state index is 0.118. The van der Waals surface area contributed by atoms with Gasteiger partial charge in [-0.25, -0.2) is 0 Å². The first-order chi connectivity index (χ1) is 10.7. The molecule has 0 aliphatic heterocycles. The van der Waals surface area contributed by atoms with Crippen molar-refractivity contribution in [3.63, 3.8) is 0 Å². The highest BCUT2D eigenvalue weighted by Gasteiger charge is 2.57. The van der Waals surface area contributed by atoms with E-state index in [1.165, 1.54) is 36.4 Å². The summed E-state index contributed by atoms with van der Waals surface area (Å²) in [6.07, 6.45) is -4.83. The molecule has 2 N–H and O–H groups in total. The second kappa shape index (κ2) is 6.34. The fourth-order valence-electron chi connectivity index (χ4n) is 2.67. The molecular formula is C18H21F3NO+. The molecule has 0 fully saturated rings. The Morgan fingerprint density at radius 3 is 1.96 bits per heavy atom. The number of quaternary nitrogens is 1. The van der Waals surface area contributed by atoms with Crippen LogP contribution in [0.1, 0.15) is 29.7 Å². The summed E-state index contributed by atoms with van der Waals surface area (Å²) in [5.74, 6) is 0. The number of hydrogen-bond donors (Lipinski definition) is 2. The molecule has 2 nitrogen and oxygen atoms in total. The lowest BCUT2D eigenvalue weighted by Gasteiger charge is -2.34. The minimum atomic E-state index is -4.83. The Morgan fingerprint density at radius 2 is 1.43 bits per heavy atom. The van der Waals surface area contributed by atoms with Crippen molar-refractivity contribution in [2.75, 3.05) is 14.1 Å². The standard InChI is InChI=1S/C18H20F3NO/c1-13(22(2)3)15-11-7-8-12-16(15)17(23,18(19,20)21)14-9-5-4-6-10-14/h4-13,23H,1-3H3/p+1/t13-,17-/m0/s1. The summed E-state index contributed by atoms with van der Waals surface area (Å²) in [4.78, 5) is 0.982. The summed E-state index contributed by atoms with van der Waals surface area (Å²) in [6, 6.07) is 13.2. The van der Waals surface area contributed by atoms with E-state index in [-0.39, 0.29) is 17.2 Å². The Balaban J connectivity index is 2.73. The van der Waals surface area contributed by atoms with Gasteiger partial charge < -0.3 is 10.0 Å². The van der Waals surface area contributed by atoms with Crippen LogP contribution in [-0.2, 0) is 5.60 Å². The van der Waals surface area contributed by atoms with Gasteiger partial charge in [0.2, 0.25) is 5.60 Å². The van der Waals surface area contributed by atoms with E-state index < -0.39 is 11.8 Å². The van der Waals surface area contributed by atoms with Gasteiger partial charge in [-0.3, -0.25) is 0 Å². The van der Waals surface area contributed by atoms with Gasteiger partial charge in [-0.15, -0.1) is 0 Å². The third-order valence-electron chi connectivity index (χ3n) is 4.28. The van der Waals surface area contributed by atoms with E-state index in [1.807, 2.05) is 21.0 Å². The summed E-state index contributed by atoms with van der Waals surface area (Å²) < 4.78 is 41.6. The Hall–Kier alpha value is -1.85. The van der Waals surface area contributed by atoms with E-state index in [9.17, 15) is 18.3 Å². The van der Waals surface area contributed by atoms with Gasteiger partial charge in [0.05, 0.1) is 14.1 Å². The fraction of sp³-hybridized carbons (Fsp3) is 0.333. The minimum Gasteiger partial charge on any atom is -0.372 e. The van der Waals surface area contributed by atoms with Gasteiger partial charge in [0, 0.05) is 11.1 Å². The second-order valence-electron chi connectivity index (χ2n) is 5.96. The summed E-state index contributed by atoms with van der Waals surface area (Å²) in [6.45, 7) is 1.84. The number of benzene rings is 2. The third kappa shape index (κ3) is 3.12. The lowest BCUT2D eigenvalue weighted by Crippen LogP contribution is -3.05. The molecule has 0 heterocycles. The van der Waals surface area contributed by atoms with E-state index >= 15 is 0 Å². The maximum atomic E-state index is 13.9. The molecule has 0 radical (unpaired) electrons. The highest BCUT2D eigenvalue weighted by molar-refractivity contribution is 5.43. The fourth-order valence-corrected chi connectivity index (χ4v) is 2.67. The van der Waals surface area contributed by atoms with Crippen molar-refractivity contribution in [2.24, 2.45) is 0 Å². The number of alkyl halides is 3. The molecule has 2 aromatic rings. The Kier molecular flexibility index (Phi) is 4.82. The van der Waals surface area contributed by atoms with E-state index in [4.69, 9.17) is 0 Å². The summed E-state index contributed by atoms with van der Waals surface area (Å²) in [5.41, 5.74) is -2.85. The van der Waals surface area contributed by atoms with Crippen molar-refractivity contribution in [1.29, 1.82) is 0 Å². The first kappa shape index (κ1) is 17.5. The van der Waals surface area contributed by atoms with Crippen LogP contribution in [0.3, 0.4) is 0 Å². The smallest absolute Gasteiger partial charge is 0.372 e. The predicted octanol–water partition coefficient (Wildman–Crippen LogP) is 2.69. The molecule has 0 amide bonds. The maximum Gasteiger partial charge on any atom is 0.425 e. The lowest BCUT2D eigenvalue weighted by molar-refractivity contribution is -0.890. The van der Waals surface area contributed by atoms with Gasteiger partial charge in [0.1, 0.15) is 6.04 Å². The molecule has 124 valence electrons. The number of hydrogen-bond acceptors (Lipinski definition) is 1. The zero-order valence-electron chi connectivity index (χ0n) is 13.4. The van der Waals surface area contributed by atoms with Crippen LogP contribution in [-0.4, -0.2) is 25.4 Å². The largest absolute Gasteiger partial charge is 0.425 e. The first-order valence-corrected chi connectivity index (χ1v) is 7.43. The molecule has 5 heteroatoms. The van der Waals surface area contributed by atoms with Crippen molar-refractivity contribution < 1.29 is 23.2 Å². The molecule has 0 spiro atoms. The van der Waals surface area contributed by atoms with E-state index in [1.54, 1.807) is 18.2 Å². The van der Waals surface area contributed by atoms with Crippen LogP contribution in [0.5, 0.6) is 0 Å². The van der Waals surface area contributed by atoms with Gasteiger partial charge in [0.15, 0.2) is 0 Å². The van der Waals surface area contributed by atoms with Crippen LogP contribution in [0, 0.1) is 0 Å². The van der Waals surface area contributed by atoms with Gasteiger partial charge in [0.25, 0.3) is 0 Å². The van der Waals surface area contributed by atoms with Crippen molar-refractivity contribution in [3.8, 4) is 0 Å². The lowest BCUT2D eigenvalue weighted by atomic mass is 9.81. The molecule has 2 aromatic carbocycles. The van der Waals surface area contributed by atoms with Gasteiger partial charge in [-0.1, -0.05) is 54.6 Å². The quantitative estimate of drug-likeness (QED) is 0.888. The predicted molar refractivity (Wildman–Crippen MR) is 83.2 cm³/mol. The number of rotatable bonds is 4. The average Bonchev–Trinajstić information content (AvgIpc) is 2.53. The Morgan fingerprint density at radius 1 is 0.913 bits per heavy atom. The molecule has 2 atom stereocenters. The van der Waals surface area contributed by atoms with Crippen LogP contribution in [0.4, 0.5) is 13.2 Å². The normalized spacial score (nSPS) is 16.2. The van der Waals surface area contributed by atoms with Gasteiger partial charge >= 0.3 is 6.18 Å². The molecule has 23 heavy (non-hydrogen) atoms. The SMILES string of the molecule is C[C@@H](c1ccccc1[C@@](O)(c1ccccc1)C(F)(F)F)[NH+](C)C. The van der Waals surface area contributed by atoms with Crippen LogP contribution in [0.25, 0.3) is 0 Å². The maximum absolute atomic E-state index is 13.9. The van der Waals surface area contributed by atoms with Gasteiger partial charge in [-0.05, 0) is 12.5 Å².